The smallest absolute Gasteiger partial charge is 0.337 e. The van der Waals surface area contributed by atoms with Crippen molar-refractivity contribution >= 4 is 24.4 Å². The van der Waals surface area contributed by atoms with Gasteiger partial charge in [-0.1, -0.05) is 12.1 Å². The van der Waals surface area contributed by atoms with Gasteiger partial charge in [0.2, 0.25) is 0 Å². The molecule has 0 amide bonds. The molecule has 1 aromatic rings. The minimum Gasteiger partial charge on any atom is -0.465 e. The van der Waals surface area contributed by atoms with E-state index in [4.69, 9.17) is 0 Å². The van der Waals surface area contributed by atoms with Crippen molar-refractivity contribution in [1.82, 2.24) is 0 Å². The van der Waals surface area contributed by atoms with Gasteiger partial charge in [0.1, 0.15) is 5.78 Å². The van der Waals surface area contributed by atoms with Crippen molar-refractivity contribution in [2.24, 2.45) is 0 Å². The van der Waals surface area contributed by atoms with Crippen LogP contribution in [0.5, 0.6) is 0 Å². The summed E-state index contributed by atoms with van der Waals surface area (Å²) in [5.74, 6) is 0.0543. The van der Waals surface area contributed by atoms with Gasteiger partial charge in [0.15, 0.2) is 0 Å². The second-order valence-corrected chi connectivity index (χ2v) is 3.70. The van der Waals surface area contributed by atoms with E-state index >= 15 is 0 Å². The third-order valence-corrected chi connectivity index (χ3v) is 2.60. The summed E-state index contributed by atoms with van der Waals surface area (Å²) in [6, 6.07) is 7.06. The number of rotatable bonds is 5. The van der Waals surface area contributed by atoms with E-state index < -0.39 is 0 Å². The van der Waals surface area contributed by atoms with Crippen LogP contribution in [0.1, 0.15) is 22.3 Å². The molecule has 1 aromatic carbocycles. The number of esters is 1. The lowest BCUT2D eigenvalue weighted by molar-refractivity contribution is -0.116. The number of benzene rings is 1. The van der Waals surface area contributed by atoms with Crippen LogP contribution in [0.2, 0.25) is 0 Å². The second kappa shape index (κ2) is 6.33. The number of ether oxygens (including phenoxy) is 1. The van der Waals surface area contributed by atoms with Crippen LogP contribution in [0, 0.1) is 0 Å². The maximum atomic E-state index is 11.2. The Morgan fingerprint density at radius 1 is 1.25 bits per heavy atom. The number of thiol groups is 1. The number of aryl methyl sites for hydroxylation is 1. The molecule has 0 saturated heterocycles. The lowest BCUT2D eigenvalue weighted by Gasteiger charge is -2.02. The summed E-state index contributed by atoms with van der Waals surface area (Å²) in [4.78, 5) is 22.2. The van der Waals surface area contributed by atoms with E-state index in [1.165, 1.54) is 7.11 Å². The quantitative estimate of drug-likeness (QED) is 0.629. The van der Waals surface area contributed by atoms with E-state index in [1.54, 1.807) is 12.1 Å². The molecule has 0 bridgehead atoms. The molecule has 0 aliphatic carbocycles. The van der Waals surface area contributed by atoms with Gasteiger partial charge in [-0.3, -0.25) is 4.79 Å². The predicted octanol–water partition coefficient (Wildman–Crippen LogP) is 1.90. The lowest BCUT2D eigenvalue weighted by Crippen LogP contribution is -2.03. The summed E-state index contributed by atoms with van der Waals surface area (Å²) in [6.45, 7) is 0. The fourth-order valence-corrected chi connectivity index (χ4v) is 1.45. The highest BCUT2D eigenvalue weighted by molar-refractivity contribution is 7.81. The molecule has 4 heteroatoms. The number of carbonyl (C=O) groups is 2. The number of Topliss-reactive ketones (excluding diaryl/α,β-unsaturated/α-hetero) is 1. The van der Waals surface area contributed by atoms with Crippen molar-refractivity contribution in [2.75, 3.05) is 12.9 Å². The first-order chi connectivity index (χ1) is 7.67. The Morgan fingerprint density at radius 2 is 1.88 bits per heavy atom. The van der Waals surface area contributed by atoms with Gasteiger partial charge in [-0.25, -0.2) is 4.79 Å². The van der Waals surface area contributed by atoms with E-state index in [-0.39, 0.29) is 17.5 Å². The first-order valence-corrected chi connectivity index (χ1v) is 5.60. The molecule has 0 spiro atoms. The van der Waals surface area contributed by atoms with Gasteiger partial charge in [-0.2, -0.15) is 12.6 Å². The van der Waals surface area contributed by atoms with Crippen LogP contribution in [-0.4, -0.2) is 24.6 Å². The molecule has 0 radical (unpaired) electrons. The Balaban J connectivity index is 2.58. The number of hydrogen-bond acceptors (Lipinski definition) is 4. The fourth-order valence-electron chi connectivity index (χ4n) is 1.29. The van der Waals surface area contributed by atoms with Crippen LogP contribution < -0.4 is 0 Å². The summed E-state index contributed by atoms with van der Waals surface area (Å²) in [7, 11) is 1.35. The van der Waals surface area contributed by atoms with Crippen molar-refractivity contribution in [3.8, 4) is 0 Å². The molecule has 0 heterocycles. The summed E-state index contributed by atoms with van der Waals surface area (Å²) in [5.41, 5.74) is 1.55. The number of hydrogen-bond donors (Lipinski definition) is 1. The maximum Gasteiger partial charge on any atom is 0.337 e. The number of methoxy groups -OCH3 is 1. The monoisotopic (exact) mass is 238 g/mol. The fraction of sp³-hybridized carbons (Fsp3) is 0.333. The zero-order valence-electron chi connectivity index (χ0n) is 9.10. The van der Waals surface area contributed by atoms with E-state index in [1.807, 2.05) is 12.1 Å². The lowest BCUT2D eigenvalue weighted by atomic mass is 10.1. The average molecular weight is 238 g/mol. The molecule has 0 N–H and O–H groups in total. The summed E-state index contributed by atoms with van der Waals surface area (Å²) < 4.78 is 4.59. The highest BCUT2D eigenvalue weighted by Crippen LogP contribution is 2.08. The molecule has 1 rings (SSSR count). The minimum absolute atomic E-state index is 0.125. The van der Waals surface area contributed by atoms with Gasteiger partial charge in [0.05, 0.1) is 12.7 Å². The first kappa shape index (κ1) is 12.8. The van der Waals surface area contributed by atoms with Crippen LogP contribution in [-0.2, 0) is 16.0 Å². The maximum absolute atomic E-state index is 11.2. The predicted molar refractivity (Wildman–Crippen MR) is 65.0 cm³/mol. The van der Waals surface area contributed by atoms with Gasteiger partial charge < -0.3 is 4.74 Å². The van der Waals surface area contributed by atoms with Crippen LogP contribution in [0.4, 0.5) is 0 Å². The zero-order valence-corrected chi connectivity index (χ0v) is 10.00. The van der Waals surface area contributed by atoms with Crippen LogP contribution in [0.3, 0.4) is 0 Å². The Morgan fingerprint density at radius 3 is 2.38 bits per heavy atom. The van der Waals surface area contributed by atoms with Crippen molar-refractivity contribution in [1.29, 1.82) is 0 Å². The third-order valence-electron chi connectivity index (χ3n) is 2.24. The third kappa shape index (κ3) is 3.70. The molecule has 0 saturated carbocycles. The second-order valence-electron chi connectivity index (χ2n) is 3.39. The minimum atomic E-state index is -0.349. The molecule has 0 aliphatic rings. The van der Waals surface area contributed by atoms with Crippen molar-refractivity contribution in [3.63, 3.8) is 0 Å². The van der Waals surface area contributed by atoms with Gasteiger partial charge in [-0.05, 0) is 24.1 Å². The van der Waals surface area contributed by atoms with E-state index in [0.29, 0.717) is 18.4 Å². The van der Waals surface area contributed by atoms with Gasteiger partial charge in [0, 0.05) is 12.2 Å². The van der Waals surface area contributed by atoms with Crippen LogP contribution >= 0.6 is 12.6 Å². The van der Waals surface area contributed by atoms with Gasteiger partial charge in [-0.15, -0.1) is 0 Å². The average Bonchev–Trinajstić information content (AvgIpc) is 2.35. The largest absolute Gasteiger partial charge is 0.465 e. The zero-order chi connectivity index (χ0) is 12.0. The van der Waals surface area contributed by atoms with Crippen molar-refractivity contribution in [2.45, 2.75) is 12.8 Å². The van der Waals surface area contributed by atoms with Gasteiger partial charge in [0.25, 0.3) is 0 Å². The molecule has 0 unspecified atom stereocenters. The molecule has 3 nitrogen and oxygen atoms in total. The summed E-state index contributed by atoms with van der Waals surface area (Å²) >= 11 is 3.91. The summed E-state index contributed by atoms with van der Waals surface area (Å²) in [6.07, 6.45) is 1.17. The molecular weight excluding hydrogens is 224 g/mol. The van der Waals surface area contributed by atoms with E-state index in [2.05, 4.69) is 17.4 Å². The molecule has 0 aliphatic heterocycles. The highest BCUT2D eigenvalue weighted by Gasteiger charge is 2.05. The molecular formula is C12H14O3S. The Bertz CT molecular complexity index is 370. The normalized spacial score (nSPS) is 9.88. The standard InChI is InChI=1S/C12H14O3S/c1-15-12(14)10-5-2-9(3-6-10)4-7-11(13)8-16/h2-3,5-6,16H,4,7-8H2,1H3. The Labute approximate surface area is 100 Å². The number of carbonyl (C=O) groups excluding carboxylic acids is 2. The molecule has 0 atom stereocenters. The molecule has 0 fully saturated rings. The molecule has 86 valence electrons. The topological polar surface area (TPSA) is 43.4 Å². The van der Waals surface area contributed by atoms with E-state index in [9.17, 15) is 9.59 Å². The van der Waals surface area contributed by atoms with Crippen molar-refractivity contribution in [3.05, 3.63) is 35.4 Å². The van der Waals surface area contributed by atoms with Crippen LogP contribution in [0.25, 0.3) is 0 Å². The number of ketones is 1. The highest BCUT2D eigenvalue weighted by atomic mass is 32.1. The van der Waals surface area contributed by atoms with Gasteiger partial charge >= 0.3 is 5.97 Å². The summed E-state index contributed by atoms with van der Waals surface area (Å²) in [5, 5.41) is 0. The first-order valence-electron chi connectivity index (χ1n) is 4.97. The van der Waals surface area contributed by atoms with Crippen molar-refractivity contribution < 1.29 is 14.3 Å². The Kier molecular flexibility index (Phi) is 5.05. The molecule has 16 heavy (non-hydrogen) atoms. The van der Waals surface area contributed by atoms with E-state index in [0.717, 1.165) is 5.56 Å². The molecule has 0 aromatic heterocycles. The Hall–Kier alpha value is -1.29. The SMILES string of the molecule is COC(=O)c1ccc(CCC(=O)CS)cc1. The van der Waals surface area contributed by atoms with Crippen LogP contribution in [0.15, 0.2) is 24.3 Å².